The first-order valence-corrected chi connectivity index (χ1v) is 10.2. The zero-order valence-corrected chi connectivity index (χ0v) is 17.6. The number of sulfonamides is 1. The van der Waals surface area contributed by atoms with Crippen LogP contribution >= 0.6 is 0 Å². The van der Waals surface area contributed by atoms with Gasteiger partial charge in [-0.15, -0.1) is 0 Å². The van der Waals surface area contributed by atoms with Gasteiger partial charge in [0, 0.05) is 6.54 Å². The van der Waals surface area contributed by atoms with Crippen molar-refractivity contribution in [3.05, 3.63) is 55.1 Å². The maximum atomic E-state index is 12.5. The molecular weight excluding hydrogens is 430 g/mol. The van der Waals surface area contributed by atoms with Crippen molar-refractivity contribution in [2.24, 2.45) is 0 Å². The number of hydrogen-bond acceptors (Lipinski definition) is 3. The first-order chi connectivity index (χ1) is 12.6. The predicted octanol–water partition coefficient (Wildman–Crippen LogP) is -0.383. The Morgan fingerprint density at radius 2 is 1.93 bits per heavy atom. The van der Waals surface area contributed by atoms with Gasteiger partial charge in [0.1, 0.15) is 18.1 Å². The van der Waals surface area contributed by atoms with Gasteiger partial charge in [-0.05, 0) is 47.9 Å². The summed E-state index contributed by atoms with van der Waals surface area (Å²) < 4.78 is 35.3. The number of benzene rings is 2. The molecule has 6 nitrogen and oxygen atoms in total. The number of H-pyrrole nitrogens is 1. The Hall–Kier alpha value is -1.90. The Kier molecular flexibility index (Phi) is 7.82. The maximum Gasteiger partial charge on any atom is 0.241 e. The van der Waals surface area contributed by atoms with E-state index < -0.39 is 10.0 Å². The molecule has 3 rings (SSSR count). The number of aromatic amines is 1. The third-order valence-electron chi connectivity index (χ3n) is 4.05. The number of hydrogen-bond donors (Lipinski definition) is 2. The molecule has 2 N–H and O–H groups in total. The molecule has 0 saturated carbocycles. The molecule has 1 heterocycles. The molecule has 0 saturated heterocycles. The lowest BCUT2D eigenvalue weighted by molar-refractivity contribution is -0.695. The second-order valence-corrected chi connectivity index (χ2v) is 7.89. The van der Waals surface area contributed by atoms with Crippen LogP contribution in [0.5, 0.6) is 5.75 Å². The van der Waals surface area contributed by atoms with Crippen molar-refractivity contribution in [1.82, 2.24) is 9.71 Å². The molecule has 0 amide bonds. The van der Waals surface area contributed by atoms with E-state index in [1.54, 1.807) is 12.1 Å². The molecule has 146 valence electrons. The van der Waals surface area contributed by atoms with Crippen molar-refractivity contribution in [1.29, 1.82) is 0 Å². The van der Waals surface area contributed by atoms with E-state index in [1.165, 1.54) is 0 Å². The lowest BCUT2D eigenvalue weighted by Gasteiger charge is -2.09. The molecule has 0 spiro atoms. The van der Waals surface area contributed by atoms with Crippen LogP contribution < -0.4 is 31.0 Å². The fourth-order valence-corrected chi connectivity index (χ4v) is 3.80. The fraction of sp³-hybridized carbons (Fsp3) is 0.316. The maximum absolute atomic E-state index is 12.5. The lowest BCUT2D eigenvalue weighted by Crippen LogP contribution is -3.00. The van der Waals surface area contributed by atoms with Crippen LogP contribution in [0.3, 0.4) is 0 Å². The Morgan fingerprint density at radius 1 is 1.15 bits per heavy atom. The Bertz CT molecular complexity index is 960. The highest BCUT2D eigenvalue weighted by Crippen LogP contribution is 2.24. The highest BCUT2D eigenvalue weighted by atomic mass is 79.9. The zero-order valence-electron chi connectivity index (χ0n) is 15.2. The largest absolute Gasteiger partial charge is 1.00 e. The first-order valence-electron chi connectivity index (χ1n) is 8.76. The van der Waals surface area contributed by atoms with Gasteiger partial charge in [0.2, 0.25) is 16.4 Å². The molecule has 0 bridgehead atoms. The summed E-state index contributed by atoms with van der Waals surface area (Å²) in [4.78, 5) is 3.24. The molecule has 2 aromatic carbocycles. The minimum Gasteiger partial charge on any atom is -1.00 e. The number of rotatable bonds is 9. The summed E-state index contributed by atoms with van der Waals surface area (Å²) in [5.74, 6) is 0.801. The molecule has 3 aromatic rings. The van der Waals surface area contributed by atoms with Gasteiger partial charge in [-0.25, -0.2) is 17.7 Å². The van der Waals surface area contributed by atoms with Gasteiger partial charge in [-0.3, -0.25) is 4.98 Å². The summed E-state index contributed by atoms with van der Waals surface area (Å²) in [6, 6.07) is 10.8. The Morgan fingerprint density at radius 3 is 2.67 bits per heavy atom. The molecule has 1 aromatic heterocycles. The predicted molar refractivity (Wildman–Crippen MR) is 101 cm³/mol. The fourth-order valence-electron chi connectivity index (χ4n) is 2.69. The van der Waals surface area contributed by atoms with Crippen LogP contribution in [0, 0.1) is 0 Å². The highest BCUT2D eigenvalue weighted by molar-refractivity contribution is 7.89. The van der Waals surface area contributed by atoms with Gasteiger partial charge in [-0.2, -0.15) is 0 Å². The van der Waals surface area contributed by atoms with Crippen LogP contribution in [0.25, 0.3) is 10.8 Å². The summed E-state index contributed by atoms with van der Waals surface area (Å²) in [6.07, 6.45) is 7.25. The topological polar surface area (TPSA) is 75.1 Å². The normalized spacial score (nSPS) is 11.3. The molecule has 0 atom stereocenters. The number of aryl methyl sites for hydroxylation is 1. The monoisotopic (exact) mass is 453 g/mol. The standard InChI is InChI=1S/C19H23N3O3S.BrH/c1-2-12-25-18-6-4-17-14-19(7-5-16(17)13-18)26(23,24)21-8-3-10-22-11-9-20-15-22;/h4-7,9,11,13-15,21H,2-3,8,10,12H2,1H3;1H. The average Bonchev–Trinajstić information content (AvgIpc) is 3.16. The van der Waals surface area contributed by atoms with Gasteiger partial charge in [0.15, 0.2) is 0 Å². The van der Waals surface area contributed by atoms with Crippen LogP contribution in [-0.4, -0.2) is 26.6 Å². The molecule has 0 aliphatic heterocycles. The van der Waals surface area contributed by atoms with Gasteiger partial charge in [0.05, 0.1) is 18.0 Å². The van der Waals surface area contributed by atoms with Crippen LogP contribution in [0.2, 0.25) is 0 Å². The highest BCUT2D eigenvalue weighted by Gasteiger charge is 2.14. The van der Waals surface area contributed by atoms with E-state index in [0.717, 1.165) is 29.5 Å². The number of halogens is 1. The van der Waals surface area contributed by atoms with Gasteiger partial charge >= 0.3 is 0 Å². The summed E-state index contributed by atoms with van der Waals surface area (Å²) in [6.45, 7) is 3.87. The summed E-state index contributed by atoms with van der Waals surface area (Å²) in [7, 11) is -3.52. The van der Waals surface area contributed by atoms with E-state index in [9.17, 15) is 8.42 Å². The van der Waals surface area contributed by atoms with Gasteiger partial charge in [0.25, 0.3) is 0 Å². The SMILES string of the molecule is CCCOc1ccc2cc(S(=O)(=O)NCCC[n+]3cc[nH]c3)ccc2c1.[Br-]. The number of imidazole rings is 1. The lowest BCUT2D eigenvalue weighted by atomic mass is 10.1. The number of ether oxygens (including phenoxy) is 1. The van der Waals surface area contributed by atoms with Crippen molar-refractivity contribution >= 4 is 20.8 Å². The number of aromatic nitrogens is 2. The number of fused-ring (bicyclic) bond motifs is 1. The van der Waals surface area contributed by atoms with Crippen molar-refractivity contribution in [3.63, 3.8) is 0 Å². The average molecular weight is 454 g/mol. The van der Waals surface area contributed by atoms with Gasteiger partial charge < -0.3 is 21.7 Å². The molecule has 0 fully saturated rings. The Labute approximate surface area is 170 Å². The summed E-state index contributed by atoms with van der Waals surface area (Å²) in [5.41, 5.74) is 0. The van der Waals surface area contributed by atoms with Crippen LogP contribution in [0.4, 0.5) is 0 Å². The minimum atomic E-state index is -3.52. The summed E-state index contributed by atoms with van der Waals surface area (Å²) in [5, 5.41) is 1.83. The quantitative estimate of drug-likeness (QED) is 0.342. The van der Waals surface area contributed by atoms with E-state index in [1.807, 2.05) is 47.6 Å². The van der Waals surface area contributed by atoms with Gasteiger partial charge in [-0.1, -0.05) is 19.1 Å². The van der Waals surface area contributed by atoms with E-state index in [-0.39, 0.29) is 21.9 Å². The van der Waals surface area contributed by atoms with E-state index >= 15 is 0 Å². The summed E-state index contributed by atoms with van der Waals surface area (Å²) >= 11 is 0. The van der Waals surface area contributed by atoms with Crippen LogP contribution in [0.15, 0.2) is 60.0 Å². The third-order valence-corrected chi connectivity index (χ3v) is 5.51. The van der Waals surface area contributed by atoms with Crippen molar-refractivity contribution < 1.29 is 34.7 Å². The molecule has 0 unspecified atom stereocenters. The zero-order chi connectivity index (χ0) is 18.4. The molecule has 8 heteroatoms. The number of nitrogens with one attached hydrogen (secondary N) is 2. The Balaban J connectivity index is 0.00000261. The molecule has 0 aliphatic carbocycles. The molecule has 0 radical (unpaired) electrons. The van der Waals surface area contributed by atoms with Crippen molar-refractivity contribution in [2.45, 2.75) is 31.2 Å². The molecular formula is C19H24BrN3O3S. The second-order valence-electron chi connectivity index (χ2n) is 6.12. The van der Waals surface area contributed by atoms with Crippen molar-refractivity contribution in [2.75, 3.05) is 13.2 Å². The van der Waals surface area contributed by atoms with Crippen LogP contribution in [-0.2, 0) is 16.6 Å². The molecule has 27 heavy (non-hydrogen) atoms. The van der Waals surface area contributed by atoms with E-state index in [0.29, 0.717) is 19.6 Å². The number of nitrogens with zero attached hydrogens (tertiary/aromatic N) is 1. The van der Waals surface area contributed by atoms with E-state index in [4.69, 9.17) is 4.74 Å². The molecule has 0 aliphatic rings. The smallest absolute Gasteiger partial charge is 0.241 e. The van der Waals surface area contributed by atoms with E-state index in [2.05, 4.69) is 16.6 Å². The second kappa shape index (κ2) is 9.87. The van der Waals surface area contributed by atoms with Crippen molar-refractivity contribution in [3.8, 4) is 5.75 Å². The minimum absolute atomic E-state index is 0. The van der Waals surface area contributed by atoms with Crippen LogP contribution in [0.1, 0.15) is 19.8 Å². The first kappa shape index (κ1) is 21.4. The third kappa shape index (κ3) is 5.79.